The number of fused-ring (bicyclic) bond motifs is 1. The predicted molar refractivity (Wildman–Crippen MR) is 72.2 cm³/mol. The molecule has 0 aliphatic rings. The van der Waals surface area contributed by atoms with Gasteiger partial charge in [-0.3, -0.25) is 19.4 Å². The summed E-state index contributed by atoms with van der Waals surface area (Å²) in [6, 6.07) is 3.64. The van der Waals surface area contributed by atoms with Gasteiger partial charge in [-0.05, 0) is 19.1 Å². The van der Waals surface area contributed by atoms with Gasteiger partial charge in [-0.15, -0.1) is 5.10 Å². The van der Waals surface area contributed by atoms with E-state index in [-0.39, 0.29) is 11.6 Å². The summed E-state index contributed by atoms with van der Waals surface area (Å²) < 4.78 is 3.31. The number of amides is 1. The van der Waals surface area contributed by atoms with Crippen LogP contribution in [0.5, 0.6) is 0 Å². The van der Waals surface area contributed by atoms with E-state index in [4.69, 9.17) is 0 Å². The lowest BCUT2D eigenvalue weighted by atomic mass is 10.4. The average molecular weight is 271 g/mol. The molecule has 20 heavy (non-hydrogen) atoms. The van der Waals surface area contributed by atoms with Gasteiger partial charge in [0.1, 0.15) is 5.52 Å². The van der Waals surface area contributed by atoms with Crippen molar-refractivity contribution in [2.75, 3.05) is 5.32 Å². The molecule has 8 heteroatoms. The van der Waals surface area contributed by atoms with Crippen LogP contribution < -0.4 is 5.32 Å². The first kappa shape index (κ1) is 12.3. The Morgan fingerprint density at radius 1 is 1.45 bits per heavy atom. The van der Waals surface area contributed by atoms with Gasteiger partial charge in [0, 0.05) is 19.8 Å². The zero-order valence-electron chi connectivity index (χ0n) is 11.1. The van der Waals surface area contributed by atoms with Gasteiger partial charge in [0.25, 0.3) is 5.91 Å². The van der Waals surface area contributed by atoms with Crippen molar-refractivity contribution in [2.24, 2.45) is 7.05 Å². The molecule has 0 radical (unpaired) electrons. The number of pyridine rings is 1. The van der Waals surface area contributed by atoms with Gasteiger partial charge < -0.3 is 0 Å². The second kappa shape index (κ2) is 4.72. The molecule has 0 spiro atoms. The topological polar surface area (TPSA) is 90.5 Å². The van der Waals surface area contributed by atoms with Crippen LogP contribution in [0.2, 0.25) is 0 Å². The molecule has 3 heterocycles. The highest BCUT2D eigenvalue weighted by Gasteiger charge is 2.15. The van der Waals surface area contributed by atoms with Crippen LogP contribution in [0.4, 0.5) is 5.95 Å². The van der Waals surface area contributed by atoms with Gasteiger partial charge >= 0.3 is 0 Å². The van der Waals surface area contributed by atoms with E-state index < -0.39 is 0 Å². The Morgan fingerprint density at radius 3 is 3.00 bits per heavy atom. The number of imidazole rings is 1. The molecule has 0 bridgehead atoms. The van der Waals surface area contributed by atoms with Gasteiger partial charge in [-0.25, -0.2) is 9.97 Å². The largest absolute Gasteiger partial charge is 0.298 e. The predicted octanol–water partition coefficient (Wildman–Crippen LogP) is 0.832. The zero-order valence-corrected chi connectivity index (χ0v) is 11.1. The van der Waals surface area contributed by atoms with E-state index in [9.17, 15) is 4.79 Å². The summed E-state index contributed by atoms with van der Waals surface area (Å²) >= 11 is 0. The maximum Gasteiger partial charge on any atom is 0.280 e. The van der Waals surface area contributed by atoms with Gasteiger partial charge in [0.05, 0.1) is 6.20 Å². The molecule has 0 aliphatic carbocycles. The molecule has 0 saturated heterocycles. The summed E-state index contributed by atoms with van der Waals surface area (Å²) in [4.78, 5) is 20.6. The number of anilines is 1. The normalized spacial score (nSPS) is 10.9. The molecule has 3 rings (SSSR count). The first-order valence-electron chi connectivity index (χ1n) is 6.18. The Bertz CT molecular complexity index is 773. The van der Waals surface area contributed by atoms with Crippen LogP contribution in [0.3, 0.4) is 0 Å². The van der Waals surface area contributed by atoms with Crippen molar-refractivity contribution in [3.05, 3.63) is 30.2 Å². The molecule has 0 aromatic carbocycles. The van der Waals surface area contributed by atoms with E-state index in [1.54, 1.807) is 34.8 Å². The second-order valence-electron chi connectivity index (χ2n) is 4.25. The lowest BCUT2D eigenvalue weighted by molar-refractivity contribution is 0.102. The molecule has 8 nitrogen and oxygen atoms in total. The maximum atomic E-state index is 12.1. The number of rotatable bonds is 3. The summed E-state index contributed by atoms with van der Waals surface area (Å²) in [6.07, 6.45) is 3.28. The Morgan fingerprint density at radius 2 is 2.30 bits per heavy atom. The van der Waals surface area contributed by atoms with E-state index in [1.807, 2.05) is 13.0 Å². The highest BCUT2D eigenvalue weighted by Crippen LogP contribution is 2.15. The van der Waals surface area contributed by atoms with E-state index in [0.717, 1.165) is 5.52 Å². The fourth-order valence-electron chi connectivity index (χ4n) is 1.86. The fraction of sp³-hybridized carbons (Fsp3) is 0.250. The van der Waals surface area contributed by atoms with Crippen LogP contribution in [0.15, 0.2) is 24.5 Å². The molecule has 0 fully saturated rings. The van der Waals surface area contributed by atoms with E-state index in [1.165, 1.54) is 0 Å². The summed E-state index contributed by atoms with van der Waals surface area (Å²) in [6.45, 7) is 2.59. The standard InChI is InChI=1S/C12H13N7O/c1-3-19-7-9(16-17-19)11(20)15-12-14-8-5-4-6-13-10(8)18(12)2/h4-7H,3H2,1-2H3,(H,14,15,20). The molecule has 3 aromatic heterocycles. The number of nitrogens with one attached hydrogen (secondary N) is 1. The van der Waals surface area contributed by atoms with Crippen molar-refractivity contribution in [3.8, 4) is 0 Å². The minimum atomic E-state index is -0.344. The second-order valence-corrected chi connectivity index (χ2v) is 4.25. The lowest BCUT2D eigenvalue weighted by Gasteiger charge is -2.01. The minimum Gasteiger partial charge on any atom is -0.298 e. The van der Waals surface area contributed by atoms with Crippen LogP contribution in [0.25, 0.3) is 11.2 Å². The number of aryl methyl sites for hydroxylation is 2. The quantitative estimate of drug-likeness (QED) is 0.762. The minimum absolute atomic E-state index is 0.256. The molecule has 102 valence electrons. The summed E-state index contributed by atoms with van der Waals surface area (Å²) in [5.74, 6) is 0.0813. The monoisotopic (exact) mass is 271 g/mol. The molecule has 0 aliphatic heterocycles. The zero-order chi connectivity index (χ0) is 14.1. The molecule has 0 unspecified atom stereocenters. The first-order chi connectivity index (χ1) is 9.69. The van der Waals surface area contributed by atoms with E-state index >= 15 is 0 Å². The van der Waals surface area contributed by atoms with Gasteiger partial charge in [0.2, 0.25) is 5.95 Å². The van der Waals surface area contributed by atoms with Crippen molar-refractivity contribution in [3.63, 3.8) is 0 Å². The number of hydrogen-bond donors (Lipinski definition) is 1. The highest BCUT2D eigenvalue weighted by molar-refractivity contribution is 6.02. The van der Waals surface area contributed by atoms with Gasteiger partial charge in [-0.1, -0.05) is 5.21 Å². The lowest BCUT2D eigenvalue weighted by Crippen LogP contribution is -2.15. The number of carbonyl (C=O) groups is 1. The van der Waals surface area contributed by atoms with Crippen LogP contribution >= 0.6 is 0 Å². The molecule has 1 amide bonds. The third-order valence-corrected chi connectivity index (χ3v) is 2.95. The Balaban J connectivity index is 1.89. The van der Waals surface area contributed by atoms with E-state index in [0.29, 0.717) is 18.1 Å². The smallest absolute Gasteiger partial charge is 0.280 e. The number of carbonyl (C=O) groups excluding carboxylic acids is 1. The summed E-state index contributed by atoms with van der Waals surface area (Å²) in [5, 5.41) is 10.4. The molecule has 0 atom stereocenters. The van der Waals surface area contributed by atoms with Gasteiger partial charge in [0.15, 0.2) is 11.3 Å². The van der Waals surface area contributed by atoms with Crippen LogP contribution in [0, 0.1) is 0 Å². The van der Waals surface area contributed by atoms with Crippen molar-refractivity contribution >= 4 is 23.0 Å². The molecule has 1 N–H and O–H groups in total. The maximum absolute atomic E-state index is 12.1. The third-order valence-electron chi connectivity index (χ3n) is 2.95. The van der Waals surface area contributed by atoms with Crippen molar-refractivity contribution in [2.45, 2.75) is 13.5 Å². The Kier molecular flexibility index (Phi) is 2.90. The fourth-order valence-corrected chi connectivity index (χ4v) is 1.86. The average Bonchev–Trinajstić information content (AvgIpc) is 3.05. The van der Waals surface area contributed by atoms with E-state index in [2.05, 4.69) is 25.6 Å². The van der Waals surface area contributed by atoms with Gasteiger partial charge in [-0.2, -0.15) is 0 Å². The van der Waals surface area contributed by atoms with Crippen LogP contribution in [-0.2, 0) is 13.6 Å². The number of aromatic nitrogens is 6. The molecule has 0 saturated carbocycles. The number of nitrogens with zero attached hydrogens (tertiary/aromatic N) is 6. The SMILES string of the molecule is CCn1cc(C(=O)Nc2nc3cccnc3n2C)nn1. The Labute approximate surface area is 114 Å². The first-order valence-corrected chi connectivity index (χ1v) is 6.18. The van der Waals surface area contributed by atoms with Crippen molar-refractivity contribution in [1.29, 1.82) is 0 Å². The summed E-state index contributed by atoms with van der Waals surface area (Å²) in [7, 11) is 1.79. The van der Waals surface area contributed by atoms with Crippen LogP contribution in [-0.4, -0.2) is 35.4 Å². The van der Waals surface area contributed by atoms with Crippen LogP contribution in [0.1, 0.15) is 17.4 Å². The third kappa shape index (κ3) is 2.00. The molecular weight excluding hydrogens is 258 g/mol. The molecular formula is C12H13N7O. The van der Waals surface area contributed by atoms with Crippen molar-refractivity contribution in [1.82, 2.24) is 29.5 Å². The Hall–Kier alpha value is -2.77. The molecule has 3 aromatic rings. The van der Waals surface area contributed by atoms with Crippen molar-refractivity contribution < 1.29 is 4.79 Å². The number of hydrogen-bond acceptors (Lipinski definition) is 5. The highest BCUT2D eigenvalue weighted by atomic mass is 16.2. The summed E-state index contributed by atoms with van der Waals surface area (Å²) in [5.41, 5.74) is 1.69.